The number of rotatable bonds is 2. The Morgan fingerprint density at radius 1 is 1.21 bits per heavy atom. The minimum Gasteiger partial charge on any atom is -0.323 e. The molecular formula is C12H14N2. The van der Waals surface area contributed by atoms with Crippen molar-refractivity contribution in [3.63, 3.8) is 0 Å². The van der Waals surface area contributed by atoms with E-state index in [4.69, 9.17) is 5.73 Å². The van der Waals surface area contributed by atoms with Crippen LogP contribution in [0.5, 0.6) is 0 Å². The maximum absolute atomic E-state index is 5.92. The topological polar surface area (TPSA) is 38.9 Å². The standard InChI is InChI=1S/C12H14N2/c1-2-10(13)12-8-7-9-5-3-4-6-11(9)14-12/h3-8,10H,2,13H2,1H3. The van der Waals surface area contributed by atoms with Gasteiger partial charge in [0.2, 0.25) is 0 Å². The summed E-state index contributed by atoms with van der Waals surface area (Å²) in [5.74, 6) is 0. The Hall–Kier alpha value is -1.41. The SMILES string of the molecule is CCC(N)c1ccc2ccccc2n1. The highest BCUT2D eigenvalue weighted by Gasteiger charge is 2.04. The Labute approximate surface area is 83.8 Å². The first-order valence-electron chi connectivity index (χ1n) is 4.92. The summed E-state index contributed by atoms with van der Waals surface area (Å²) in [5, 5.41) is 1.17. The van der Waals surface area contributed by atoms with Crippen LogP contribution in [-0.4, -0.2) is 4.98 Å². The summed E-state index contributed by atoms with van der Waals surface area (Å²) in [6.07, 6.45) is 0.922. The number of fused-ring (bicyclic) bond motifs is 1. The maximum Gasteiger partial charge on any atom is 0.0706 e. The molecule has 0 aliphatic heterocycles. The van der Waals surface area contributed by atoms with Crippen molar-refractivity contribution in [2.75, 3.05) is 0 Å². The van der Waals surface area contributed by atoms with Gasteiger partial charge in [-0.05, 0) is 18.6 Å². The van der Waals surface area contributed by atoms with Gasteiger partial charge in [0.15, 0.2) is 0 Å². The number of hydrogen-bond acceptors (Lipinski definition) is 2. The van der Waals surface area contributed by atoms with E-state index in [0.717, 1.165) is 17.6 Å². The van der Waals surface area contributed by atoms with Crippen LogP contribution in [0.15, 0.2) is 36.4 Å². The Kier molecular flexibility index (Phi) is 2.46. The third-order valence-electron chi connectivity index (χ3n) is 2.44. The van der Waals surface area contributed by atoms with E-state index in [2.05, 4.69) is 24.0 Å². The summed E-state index contributed by atoms with van der Waals surface area (Å²) in [6, 6.07) is 12.2. The quantitative estimate of drug-likeness (QED) is 0.783. The highest BCUT2D eigenvalue weighted by Crippen LogP contribution is 2.16. The number of aromatic nitrogens is 1. The summed E-state index contributed by atoms with van der Waals surface area (Å²) < 4.78 is 0. The number of nitrogens with two attached hydrogens (primary N) is 1. The van der Waals surface area contributed by atoms with E-state index < -0.39 is 0 Å². The van der Waals surface area contributed by atoms with Gasteiger partial charge in [0.25, 0.3) is 0 Å². The monoisotopic (exact) mass is 186 g/mol. The average Bonchev–Trinajstić information content (AvgIpc) is 2.27. The highest BCUT2D eigenvalue weighted by molar-refractivity contribution is 5.78. The summed E-state index contributed by atoms with van der Waals surface area (Å²) in [7, 11) is 0. The van der Waals surface area contributed by atoms with E-state index in [1.54, 1.807) is 0 Å². The fourth-order valence-corrected chi connectivity index (χ4v) is 1.50. The molecule has 0 aliphatic carbocycles. The first-order valence-corrected chi connectivity index (χ1v) is 4.92. The fourth-order valence-electron chi connectivity index (χ4n) is 1.50. The van der Waals surface area contributed by atoms with Crippen molar-refractivity contribution in [1.82, 2.24) is 4.98 Å². The maximum atomic E-state index is 5.92. The lowest BCUT2D eigenvalue weighted by Gasteiger charge is -2.08. The summed E-state index contributed by atoms with van der Waals surface area (Å²) in [6.45, 7) is 2.07. The molecule has 0 bridgehead atoms. The minimum atomic E-state index is 0.0552. The van der Waals surface area contributed by atoms with E-state index in [1.807, 2.05) is 24.3 Å². The molecule has 1 aromatic heterocycles. The molecule has 0 saturated carbocycles. The molecule has 2 nitrogen and oxygen atoms in total. The van der Waals surface area contributed by atoms with Gasteiger partial charge in [0.1, 0.15) is 0 Å². The van der Waals surface area contributed by atoms with Gasteiger partial charge < -0.3 is 5.73 Å². The highest BCUT2D eigenvalue weighted by atomic mass is 14.8. The normalized spacial score (nSPS) is 13.0. The van der Waals surface area contributed by atoms with Crippen LogP contribution in [0, 0.1) is 0 Å². The molecule has 0 amide bonds. The van der Waals surface area contributed by atoms with Crippen molar-refractivity contribution in [3.8, 4) is 0 Å². The zero-order valence-electron chi connectivity index (χ0n) is 8.27. The van der Waals surface area contributed by atoms with Gasteiger partial charge in [-0.1, -0.05) is 31.2 Å². The Morgan fingerprint density at radius 2 is 2.00 bits per heavy atom. The van der Waals surface area contributed by atoms with Crippen molar-refractivity contribution >= 4 is 10.9 Å². The predicted molar refractivity (Wildman–Crippen MR) is 59.0 cm³/mol. The molecule has 1 unspecified atom stereocenters. The zero-order valence-corrected chi connectivity index (χ0v) is 8.27. The predicted octanol–water partition coefficient (Wildman–Crippen LogP) is 2.64. The Morgan fingerprint density at radius 3 is 2.79 bits per heavy atom. The number of nitrogens with zero attached hydrogens (tertiary/aromatic N) is 1. The van der Waals surface area contributed by atoms with Crippen molar-refractivity contribution in [2.45, 2.75) is 19.4 Å². The second-order valence-corrected chi connectivity index (χ2v) is 3.44. The molecule has 2 rings (SSSR count). The molecule has 0 radical (unpaired) electrons. The van der Waals surface area contributed by atoms with Crippen molar-refractivity contribution in [1.29, 1.82) is 0 Å². The summed E-state index contributed by atoms with van der Waals surface area (Å²) >= 11 is 0. The largest absolute Gasteiger partial charge is 0.323 e. The first-order chi connectivity index (χ1) is 6.81. The smallest absolute Gasteiger partial charge is 0.0706 e. The zero-order chi connectivity index (χ0) is 9.97. The molecule has 2 heteroatoms. The molecule has 0 aliphatic rings. The minimum absolute atomic E-state index is 0.0552. The second-order valence-electron chi connectivity index (χ2n) is 3.44. The number of para-hydroxylation sites is 1. The van der Waals surface area contributed by atoms with Crippen LogP contribution >= 0.6 is 0 Å². The van der Waals surface area contributed by atoms with E-state index in [9.17, 15) is 0 Å². The third-order valence-corrected chi connectivity index (χ3v) is 2.44. The van der Waals surface area contributed by atoms with E-state index in [-0.39, 0.29) is 6.04 Å². The first kappa shape index (κ1) is 9.16. The van der Waals surface area contributed by atoms with Crippen LogP contribution in [0.1, 0.15) is 25.1 Å². The van der Waals surface area contributed by atoms with Crippen LogP contribution in [0.3, 0.4) is 0 Å². The van der Waals surface area contributed by atoms with Gasteiger partial charge in [-0.25, -0.2) is 0 Å². The molecular weight excluding hydrogens is 172 g/mol. The molecule has 2 N–H and O–H groups in total. The molecule has 0 fully saturated rings. The molecule has 72 valence electrons. The van der Waals surface area contributed by atoms with Crippen molar-refractivity contribution in [3.05, 3.63) is 42.1 Å². The number of hydrogen-bond donors (Lipinski definition) is 1. The lowest BCUT2D eigenvalue weighted by molar-refractivity contribution is 0.679. The van der Waals surface area contributed by atoms with Crippen molar-refractivity contribution < 1.29 is 0 Å². The third kappa shape index (κ3) is 1.61. The van der Waals surface area contributed by atoms with Crippen LogP contribution in [0.4, 0.5) is 0 Å². The van der Waals surface area contributed by atoms with E-state index in [0.29, 0.717) is 0 Å². The van der Waals surface area contributed by atoms with Crippen LogP contribution < -0.4 is 5.73 Å². The summed E-state index contributed by atoms with van der Waals surface area (Å²) in [4.78, 5) is 4.52. The number of pyridine rings is 1. The van der Waals surface area contributed by atoms with Gasteiger partial charge in [0.05, 0.1) is 11.2 Å². The second kappa shape index (κ2) is 3.76. The lowest BCUT2D eigenvalue weighted by atomic mass is 10.1. The van der Waals surface area contributed by atoms with Gasteiger partial charge in [-0.2, -0.15) is 0 Å². The molecule has 1 aromatic carbocycles. The number of benzene rings is 1. The summed E-state index contributed by atoms with van der Waals surface area (Å²) in [5.41, 5.74) is 7.92. The van der Waals surface area contributed by atoms with Crippen molar-refractivity contribution in [2.24, 2.45) is 5.73 Å². The molecule has 14 heavy (non-hydrogen) atoms. The van der Waals surface area contributed by atoms with E-state index in [1.165, 1.54) is 5.39 Å². The Bertz CT molecular complexity index is 437. The van der Waals surface area contributed by atoms with E-state index >= 15 is 0 Å². The van der Waals surface area contributed by atoms with Crippen LogP contribution in [-0.2, 0) is 0 Å². The van der Waals surface area contributed by atoms with Gasteiger partial charge in [-0.3, -0.25) is 4.98 Å². The fraction of sp³-hybridized carbons (Fsp3) is 0.250. The average molecular weight is 186 g/mol. The molecule has 2 aromatic rings. The molecule has 1 atom stereocenters. The van der Waals surface area contributed by atoms with Gasteiger partial charge >= 0.3 is 0 Å². The van der Waals surface area contributed by atoms with Crippen LogP contribution in [0.25, 0.3) is 10.9 Å². The molecule has 0 spiro atoms. The lowest BCUT2D eigenvalue weighted by Crippen LogP contribution is -2.10. The van der Waals surface area contributed by atoms with Gasteiger partial charge in [0, 0.05) is 11.4 Å². The van der Waals surface area contributed by atoms with Crippen LogP contribution in [0.2, 0.25) is 0 Å². The molecule has 0 saturated heterocycles. The van der Waals surface area contributed by atoms with Gasteiger partial charge in [-0.15, -0.1) is 0 Å². The Balaban J connectivity index is 2.51. The molecule has 1 heterocycles.